The highest BCUT2D eigenvalue weighted by molar-refractivity contribution is 5.88. The van der Waals surface area contributed by atoms with E-state index in [-0.39, 0.29) is 17.9 Å². The van der Waals surface area contributed by atoms with Gasteiger partial charge in [0.15, 0.2) is 5.82 Å². The smallest absolute Gasteiger partial charge is 0.320 e. The molecule has 0 saturated heterocycles. The molecule has 2 aliphatic carbocycles. The zero-order valence-electron chi connectivity index (χ0n) is 19.9. The predicted octanol–water partition coefficient (Wildman–Crippen LogP) is 5.16. The molecule has 1 aromatic carbocycles. The van der Waals surface area contributed by atoms with E-state index in [9.17, 15) is 9.59 Å². The van der Waals surface area contributed by atoms with Gasteiger partial charge in [-0.2, -0.15) is 0 Å². The van der Waals surface area contributed by atoms with Crippen LogP contribution in [0, 0.1) is 5.92 Å². The first-order valence-electron chi connectivity index (χ1n) is 12.2. The number of amides is 2. The molecule has 0 spiro atoms. The minimum absolute atomic E-state index is 0.00636. The number of aromatic nitrogens is 2. The van der Waals surface area contributed by atoms with Crippen molar-refractivity contribution < 1.29 is 14.3 Å². The second-order valence-electron chi connectivity index (χ2n) is 9.71. The second kappa shape index (κ2) is 10.4. The molecule has 2 N–H and O–H groups in total. The first-order chi connectivity index (χ1) is 16.4. The molecule has 1 heterocycles. The average molecular weight is 463 g/mol. The van der Waals surface area contributed by atoms with Gasteiger partial charge >= 0.3 is 12.0 Å². The van der Waals surface area contributed by atoms with Gasteiger partial charge in [0.1, 0.15) is 5.60 Å². The molecule has 2 aliphatic rings. The van der Waals surface area contributed by atoms with Crippen molar-refractivity contribution in [3.63, 3.8) is 0 Å². The largest absolute Gasteiger partial charge is 0.458 e. The number of ether oxygens (including phenoxy) is 1. The molecule has 7 nitrogen and oxygen atoms in total. The molecule has 2 fully saturated rings. The van der Waals surface area contributed by atoms with Gasteiger partial charge in [-0.3, -0.25) is 15.1 Å². The molecule has 0 aliphatic heterocycles. The third-order valence-corrected chi connectivity index (χ3v) is 7.33. The molecule has 2 atom stereocenters. The number of nitrogens with zero attached hydrogens (tertiary/aromatic N) is 2. The normalized spacial score (nSPS) is 23.8. The van der Waals surface area contributed by atoms with Gasteiger partial charge in [-0.1, -0.05) is 68.2 Å². The Morgan fingerprint density at radius 1 is 1.12 bits per heavy atom. The highest BCUT2D eigenvalue weighted by Gasteiger charge is 2.52. The van der Waals surface area contributed by atoms with Crippen molar-refractivity contribution in [2.24, 2.45) is 5.92 Å². The number of carbonyl (C=O) groups excluding carboxylic acids is 2. The van der Waals surface area contributed by atoms with Crippen molar-refractivity contribution >= 4 is 17.8 Å². The number of anilines is 1. The summed E-state index contributed by atoms with van der Waals surface area (Å²) < 4.78 is 6.32. The van der Waals surface area contributed by atoms with Crippen LogP contribution >= 0.6 is 0 Å². The summed E-state index contributed by atoms with van der Waals surface area (Å²) in [4.78, 5) is 33.9. The van der Waals surface area contributed by atoms with E-state index in [1.54, 1.807) is 6.20 Å². The Bertz CT molecular complexity index is 1000. The van der Waals surface area contributed by atoms with Crippen LogP contribution in [0.1, 0.15) is 63.9 Å². The van der Waals surface area contributed by atoms with Crippen molar-refractivity contribution in [1.82, 2.24) is 15.3 Å². The zero-order valence-corrected chi connectivity index (χ0v) is 19.9. The average Bonchev–Trinajstić information content (AvgIpc) is 3.10. The molecule has 2 amide bonds. The lowest BCUT2D eigenvalue weighted by Crippen LogP contribution is -2.53. The van der Waals surface area contributed by atoms with E-state index in [1.165, 1.54) is 12.4 Å². The maximum absolute atomic E-state index is 13.8. The van der Waals surface area contributed by atoms with Gasteiger partial charge in [0.2, 0.25) is 0 Å². The lowest BCUT2D eigenvalue weighted by molar-refractivity contribution is -0.177. The Morgan fingerprint density at radius 2 is 1.85 bits per heavy atom. The first kappa shape index (κ1) is 23.9. The number of benzene rings is 1. The Hall–Kier alpha value is -3.22. The Kier molecular flexibility index (Phi) is 7.29. The number of hydrogen-bond donors (Lipinski definition) is 2. The van der Waals surface area contributed by atoms with E-state index in [2.05, 4.69) is 39.3 Å². The lowest BCUT2D eigenvalue weighted by atomic mass is 9.65. The summed E-state index contributed by atoms with van der Waals surface area (Å²) in [5.41, 5.74) is 0.922. The van der Waals surface area contributed by atoms with Crippen LogP contribution in [-0.4, -0.2) is 34.1 Å². The number of urea groups is 1. The van der Waals surface area contributed by atoms with Gasteiger partial charge in [-0.05, 0) is 31.7 Å². The molecular formula is C27H34N4O3. The third-order valence-electron chi connectivity index (χ3n) is 7.33. The lowest BCUT2D eigenvalue weighted by Gasteiger charge is -2.49. The van der Waals surface area contributed by atoms with Gasteiger partial charge < -0.3 is 10.1 Å². The van der Waals surface area contributed by atoms with E-state index >= 15 is 0 Å². The molecular weight excluding hydrogens is 428 g/mol. The van der Waals surface area contributed by atoms with Gasteiger partial charge in [-0.25, -0.2) is 9.78 Å². The fourth-order valence-corrected chi connectivity index (χ4v) is 5.48. The number of esters is 1. The van der Waals surface area contributed by atoms with Crippen LogP contribution in [0.15, 0.2) is 61.1 Å². The van der Waals surface area contributed by atoms with Crippen LogP contribution in [0.4, 0.5) is 10.6 Å². The minimum Gasteiger partial charge on any atom is -0.458 e. The monoisotopic (exact) mass is 462 g/mol. The third kappa shape index (κ3) is 5.13. The summed E-state index contributed by atoms with van der Waals surface area (Å²) in [5, 5.41) is 5.50. The molecule has 180 valence electrons. The molecule has 34 heavy (non-hydrogen) atoms. The van der Waals surface area contributed by atoms with Crippen LogP contribution in [0.3, 0.4) is 0 Å². The molecule has 7 heteroatoms. The Labute approximate surface area is 201 Å². The fraction of sp³-hybridized carbons (Fsp3) is 0.481. The van der Waals surface area contributed by atoms with Crippen molar-refractivity contribution in [1.29, 1.82) is 0 Å². The zero-order chi connectivity index (χ0) is 24.0. The number of rotatable bonds is 7. The van der Waals surface area contributed by atoms with Gasteiger partial charge in [0, 0.05) is 31.3 Å². The Morgan fingerprint density at radius 3 is 2.50 bits per heavy atom. The molecule has 0 radical (unpaired) electrons. The quantitative estimate of drug-likeness (QED) is 0.337. The van der Waals surface area contributed by atoms with Crippen molar-refractivity contribution in [2.75, 3.05) is 11.9 Å². The molecule has 2 saturated carbocycles. The molecule has 4 rings (SSSR count). The fourth-order valence-electron chi connectivity index (χ4n) is 5.48. The summed E-state index contributed by atoms with van der Waals surface area (Å²) in [6.07, 6.45) is 11.9. The maximum atomic E-state index is 13.8. The topological polar surface area (TPSA) is 93.2 Å². The van der Waals surface area contributed by atoms with Crippen molar-refractivity contribution in [2.45, 2.75) is 69.3 Å². The van der Waals surface area contributed by atoms with Gasteiger partial charge in [-0.15, -0.1) is 0 Å². The van der Waals surface area contributed by atoms with E-state index in [1.807, 2.05) is 25.1 Å². The highest BCUT2D eigenvalue weighted by atomic mass is 16.6. The molecule has 2 unspecified atom stereocenters. The van der Waals surface area contributed by atoms with Crippen molar-refractivity contribution in [3.8, 4) is 0 Å². The molecule has 1 aromatic heterocycles. The molecule has 0 bridgehead atoms. The first-order valence-corrected chi connectivity index (χ1v) is 12.2. The summed E-state index contributed by atoms with van der Waals surface area (Å²) in [6.45, 7) is 6.61. The van der Waals surface area contributed by atoms with Gasteiger partial charge in [0.05, 0.1) is 11.6 Å². The van der Waals surface area contributed by atoms with Crippen LogP contribution < -0.4 is 10.6 Å². The summed E-state index contributed by atoms with van der Waals surface area (Å²) in [6, 6.07) is 9.77. The van der Waals surface area contributed by atoms with Gasteiger partial charge in [0.25, 0.3) is 0 Å². The maximum Gasteiger partial charge on any atom is 0.320 e. The van der Waals surface area contributed by atoms with E-state index in [0.29, 0.717) is 25.2 Å². The van der Waals surface area contributed by atoms with Crippen LogP contribution in [-0.2, 0) is 14.9 Å². The Balaban J connectivity index is 1.39. The standard InChI is InChI=1S/C27H34N4O3/c1-20-18-26(2,22(20)12-15-30-25(33)31-23-19-28-16-17-29-23)34-24(32)27(13-8-3-4-9-14-27)21-10-6-5-7-11-21/h5-7,10-11,16-17,19,22H,1,3-4,8-9,12-15,18H2,2H3,(H2,29,30,31,33). The molecule has 2 aromatic rings. The second-order valence-corrected chi connectivity index (χ2v) is 9.71. The van der Waals surface area contributed by atoms with Crippen LogP contribution in [0.5, 0.6) is 0 Å². The van der Waals surface area contributed by atoms with E-state index < -0.39 is 11.0 Å². The summed E-state index contributed by atoms with van der Waals surface area (Å²) in [5.74, 6) is 0.280. The van der Waals surface area contributed by atoms with E-state index in [4.69, 9.17) is 4.74 Å². The highest BCUT2D eigenvalue weighted by Crippen LogP contribution is 2.49. The van der Waals surface area contributed by atoms with Crippen LogP contribution in [0.25, 0.3) is 0 Å². The number of hydrogen-bond acceptors (Lipinski definition) is 5. The van der Waals surface area contributed by atoms with Crippen LogP contribution in [0.2, 0.25) is 0 Å². The minimum atomic E-state index is -0.606. The number of carbonyl (C=O) groups is 2. The summed E-state index contributed by atoms with van der Waals surface area (Å²) >= 11 is 0. The predicted molar refractivity (Wildman–Crippen MR) is 131 cm³/mol. The number of nitrogens with one attached hydrogen (secondary N) is 2. The SMILES string of the molecule is C=C1CC(C)(OC(=O)C2(c3ccccc3)CCCCCC2)C1CCNC(=O)Nc1cnccn1. The van der Waals surface area contributed by atoms with E-state index in [0.717, 1.165) is 49.7 Å². The van der Waals surface area contributed by atoms with Crippen molar-refractivity contribution in [3.05, 3.63) is 66.6 Å². The summed E-state index contributed by atoms with van der Waals surface area (Å²) in [7, 11) is 0.